The fraction of sp³-hybridized carbons (Fsp3) is 0.875. The van der Waals surface area contributed by atoms with Gasteiger partial charge in [-0.15, -0.1) is 0 Å². The van der Waals surface area contributed by atoms with Gasteiger partial charge < -0.3 is 55.9 Å². The topological polar surface area (TPSA) is 224 Å². The number of rotatable bonds is 6. The van der Waals surface area contributed by atoms with Crippen LogP contribution in [0.15, 0.2) is 0 Å². The molecule has 0 saturated carbocycles. The number of nitrogens with two attached hydrogens (primary N) is 2. The Labute approximate surface area is 166 Å². The number of aliphatic hydroxyl groups excluding tert-OH is 5. The number of hydrogen-bond donors (Lipinski definition) is 7. The Morgan fingerprint density at radius 3 is 1.76 bits per heavy atom. The van der Waals surface area contributed by atoms with Gasteiger partial charge in [0.1, 0.15) is 56.3 Å². The van der Waals surface area contributed by atoms with Crippen molar-refractivity contribution in [1.82, 2.24) is 0 Å². The summed E-state index contributed by atoms with van der Waals surface area (Å²) in [5.74, 6) is -1.99. The average molecular weight is 424 g/mol. The van der Waals surface area contributed by atoms with Gasteiger partial charge in [0.15, 0.2) is 6.29 Å². The molecular formula is C16H28N2O11. The Balaban J connectivity index is 1.73. The van der Waals surface area contributed by atoms with E-state index in [1.165, 1.54) is 0 Å². The molecule has 29 heavy (non-hydrogen) atoms. The van der Waals surface area contributed by atoms with E-state index in [2.05, 4.69) is 0 Å². The molecule has 0 aliphatic carbocycles. The van der Waals surface area contributed by atoms with E-state index in [0.29, 0.717) is 0 Å². The van der Waals surface area contributed by atoms with E-state index < -0.39 is 92.7 Å². The van der Waals surface area contributed by atoms with Crippen molar-refractivity contribution in [3.05, 3.63) is 0 Å². The first-order chi connectivity index (χ1) is 13.5. The second-order valence-corrected chi connectivity index (χ2v) is 7.10. The van der Waals surface area contributed by atoms with Gasteiger partial charge in [-0.05, 0) is 6.92 Å². The van der Waals surface area contributed by atoms with Crippen LogP contribution in [-0.4, -0.2) is 112 Å². The van der Waals surface area contributed by atoms with E-state index in [0.717, 1.165) is 0 Å². The van der Waals surface area contributed by atoms with Crippen LogP contribution in [0.1, 0.15) is 13.3 Å². The summed E-state index contributed by atoms with van der Waals surface area (Å²) in [6.07, 6.45) is -10.8. The van der Waals surface area contributed by atoms with Gasteiger partial charge in [-0.3, -0.25) is 9.59 Å². The second-order valence-electron chi connectivity index (χ2n) is 7.10. The molecule has 13 nitrogen and oxygen atoms in total. The predicted molar refractivity (Wildman–Crippen MR) is 91.7 cm³/mol. The third kappa shape index (κ3) is 5.81. The first kappa shape index (κ1) is 23.9. The Kier molecular flexibility index (Phi) is 8.28. The summed E-state index contributed by atoms with van der Waals surface area (Å²) in [6, 6.07) is -2.02. The Hall–Kier alpha value is -1.42. The van der Waals surface area contributed by atoms with Crippen molar-refractivity contribution in [3.8, 4) is 0 Å². The van der Waals surface area contributed by atoms with E-state index in [4.69, 9.17) is 30.4 Å². The van der Waals surface area contributed by atoms with Gasteiger partial charge in [0.2, 0.25) is 0 Å². The minimum atomic E-state index is -1.56. The summed E-state index contributed by atoms with van der Waals surface area (Å²) in [4.78, 5) is 23.5. The van der Waals surface area contributed by atoms with Crippen molar-refractivity contribution in [2.75, 3.05) is 13.2 Å². The van der Waals surface area contributed by atoms with Crippen molar-refractivity contribution in [2.24, 2.45) is 11.5 Å². The highest BCUT2D eigenvalue weighted by molar-refractivity contribution is 5.91. The molecule has 0 spiro atoms. The SMILES string of the molecule is CC1OC(COC(=O)CC(=O)OCC2OC(O)C(N)C(O)C2O)C(O)C(O)C1N. The van der Waals surface area contributed by atoms with Crippen LogP contribution in [0.3, 0.4) is 0 Å². The molecular weight excluding hydrogens is 396 g/mol. The molecule has 0 aromatic carbocycles. The third-order valence-electron chi connectivity index (χ3n) is 4.93. The van der Waals surface area contributed by atoms with Crippen molar-refractivity contribution < 1.29 is 54.1 Å². The van der Waals surface area contributed by atoms with Gasteiger partial charge in [0, 0.05) is 0 Å². The number of hydrogen-bond acceptors (Lipinski definition) is 13. The van der Waals surface area contributed by atoms with Crippen LogP contribution in [0, 0.1) is 0 Å². The first-order valence-corrected chi connectivity index (χ1v) is 9.06. The van der Waals surface area contributed by atoms with Crippen LogP contribution in [0.2, 0.25) is 0 Å². The molecule has 9 N–H and O–H groups in total. The highest BCUT2D eigenvalue weighted by atomic mass is 16.6. The molecule has 0 radical (unpaired) electrons. The molecule has 168 valence electrons. The summed E-state index contributed by atoms with van der Waals surface area (Å²) in [7, 11) is 0. The van der Waals surface area contributed by atoms with Crippen LogP contribution >= 0.6 is 0 Å². The maximum atomic E-state index is 11.8. The van der Waals surface area contributed by atoms with E-state index in [9.17, 15) is 35.1 Å². The number of carbonyl (C=O) groups excluding carboxylic acids is 2. The average Bonchev–Trinajstić information content (AvgIpc) is 2.68. The summed E-state index contributed by atoms with van der Waals surface area (Å²) in [5, 5.41) is 48.8. The summed E-state index contributed by atoms with van der Waals surface area (Å²) < 4.78 is 20.0. The number of aliphatic hydroxyl groups is 5. The van der Waals surface area contributed by atoms with Crippen LogP contribution in [0.25, 0.3) is 0 Å². The number of carbonyl (C=O) groups is 2. The van der Waals surface area contributed by atoms with Gasteiger partial charge in [0.05, 0.1) is 18.2 Å². The normalized spacial score (nSPS) is 42.9. The zero-order valence-electron chi connectivity index (χ0n) is 15.7. The first-order valence-electron chi connectivity index (χ1n) is 9.06. The molecule has 2 aliphatic rings. The zero-order chi connectivity index (χ0) is 21.9. The molecule has 2 aliphatic heterocycles. The van der Waals surface area contributed by atoms with Crippen LogP contribution in [0.4, 0.5) is 0 Å². The zero-order valence-corrected chi connectivity index (χ0v) is 15.7. The Bertz CT molecular complexity index is 531. The van der Waals surface area contributed by atoms with Gasteiger partial charge in [-0.2, -0.15) is 0 Å². The van der Waals surface area contributed by atoms with E-state index in [-0.39, 0.29) is 0 Å². The van der Waals surface area contributed by atoms with Crippen LogP contribution in [-0.2, 0) is 28.5 Å². The molecule has 0 aromatic rings. The minimum absolute atomic E-state index is 0.415. The highest BCUT2D eigenvalue weighted by Gasteiger charge is 2.43. The van der Waals surface area contributed by atoms with E-state index >= 15 is 0 Å². The summed E-state index contributed by atoms with van der Waals surface area (Å²) in [5.41, 5.74) is 11.1. The maximum absolute atomic E-state index is 11.8. The molecule has 13 heteroatoms. The fourth-order valence-electron chi connectivity index (χ4n) is 2.98. The van der Waals surface area contributed by atoms with Crippen molar-refractivity contribution >= 4 is 11.9 Å². The molecule has 0 bridgehead atoms. The molecule has 10 atom stereocenters. The predicted octanol–water partition coefficient (Wildman–Crippen LogP) is -4.93. The molecule has 2 heterocycles. The smallest absolute Gasteiger partial charge is 0.317 e. The molecule has 2 rings (SSSR count). The largest absolute Gasteiger partial charge is 0.462 e. The third-order valence-corrected chi connectivity index (χ3v) is 4.93. The van der Waals surface area contributed by atoms with Crippen molar-refractivity contribution in [1.29, 1.82) is 0 Å². The quantitative estimate of drug-likeness (QED) is 0.157. The van der Waals surface area contributed by atoms with Crippen molar-refractivity contribution in [3.63, 3.8) is 0 Å². The lowest BCUT2D eigenvalue weighted by molar-refractivity contribution is -0.251. The van der Waals surface area contributed by atoms with Crippen LogP contribution in [0.5, 0.6) is 0 Å². The lowest BCUT2D eigenvalue weighted by Gasteiger charge is -2.39. The van der Waals surface area contributed by atoms with Gasteiger partial charge in [-0.1, -0.05) is 0 Å². The molecule has 10 unspecified atom stereocenters. The van der Waals surface area contributed by atoms with E-state index in [1.54, 1.807) is 6.92 Å². The summed E-state index contributed by atoms with van der Waals surface area (Å²) >= 11 is 0. The van der Waals surface area contributed by atoms with Gasteiger partial charge in [0.25, 0.3) is 0 Å². The minimum Gasteiger partial charge on any atom is -0.462 e. The standard InChI is InChI=1S/C16H28N2O11/c1-5-10(17)14(23)12(21)6(28-5)3-26-8(19)2-9(20)27-4-7-13(22)15(24)11(18)16(25)29-7/h5-7,10-16,21-25H,2-4,17-18H2,1H3. The monoisotopic (exact) mass is 424 g/mol. The lowest BCUT2D eigenvalue weighted by Crippen LogP contribution is -2.62. The second kappa shape index (κ2) is 10.1. The number of esters is 2. The highest BCUT2D eigenvalue weighted by Crippen LogP contribution is 2.21. The molecule has 2 saturated heterocycles. The maximum Gasteiger partial charge on any atom is 0.317 e. The lowest BCUT2D eigenvalue weighted by atomic mass is 9.94. The molecule has 2 fully saturated rings. The molecule has 0 amide bonds. The van der Waals surface area contributed by atoms with Gasteiger partial charge >= 0.3 is 11.9 Å². The summed E-state index contributed by atoms with van der Waals surface area (Å²) in [6.45, 7) is 0.636. The van der Waals surface area contributed by atoms with Crippen molar-refractivity contribution in [2.45, 2.75) is 74.4 Å². The molecule has 0 aromatic heterocycles. The van der Waals surface area contributed by atoms with E-state index in [1.807, 2.05) is 0 Å². The van der Waals surface area contributed by atoms with Crippen LogP contribution < -0.4 is 11.5 Å². The van der Waals surface area contributed by atoms with Gasteiger partial charge in [-0.25, -0.2) is 0 Å². The Morgan fingerprint density at radius 1 is 0.793 bits per heavy atom. The Morgan fingerprint density at radius 2 is 1.24 bits per heavy atom. The number of ether oxygens (including phenoxy) is 4. The fourth-order valence-corrected chi connectivity index (χ4v) is 2.98.